The molecule has 1 amide bonds. The van der Waals surface area contributed by atoms with Crippen molar-refractivity contribution in [3.8, 4) is 5.75 Å². The molecule has 0 saturated carbocycles. The highest BCUT2D eigenvalue weighted by atomic mass is 19.4. The number of benzene rings is 2. The molecule has 1 unspecified atom stereocenters. The van der Waals surface area contributed by atoms with Crippen molar-refractivity contribution in [1.82, 2.24) is 14.5 Å². The number of alkyl halides is 3. The lowest BCUT2D eigenvalue weighted by atomic mass is 9.95. The maximum atomic E-state index is 13.4. The molecular weight excluding hydrogens is 399 g/mol. The highest BCUT2D eigenvalue weighted by molar-refractivity contribution is 6.03. The predicted molar refractivity (Wildman–Crippen MR) is 105 cm³/mol. The van der Waals surface area contributed by atoms with Crippen molar-refractivity contribution in [2.24, 2.45) is 7.05 Å². The van der Waals surface area contributed by atoms with E-state index in [0.717, 1.165) is 10.6 Å². The van der Waals surface area contributed by atoms with Crippen LogP contribution in [0.2, 0.25) is 0 Å². The molecule has 0 saturated heterocycles. The topological polar surface area (TPSA) is 78.6 Å². The van der Waals surface area contributed by atoms with Gasteiger partial charge in [0.15, 0.2) is 0 Å². The standard InChI is InChI=1S/C21H22F3N3O3/c1-26(2)19(30)17-13(9-10-15(28)12-7-5-4-6-8-12)18-14(11-16(17)29)25-20(27(18)3)21(22,23)24/h4-8,11,15,28-29H,9-10H2,1-3H3. The van der Waals surface area contributed by atoms with Crippen LogP contribution >= 0.6 is 0 Å². The summed E-state index contributed by atoms with van der Waals surface area (Å²) in [6.45, 7) is 0. The summed E-state index contributed by atoms with van der Waals surface area (Å²) in [6, 6.07) is 9.88. The first-order chi connectivity index (χ1) is 14.0. The number of hydrogen-bond acceptors (Lipinski definition) is 4. The second-order valence-corrected chi connectivity index (χ2v) is 7.27. The molecule has 160 valence electrons. The highest BCUT2D eigenvalue weighted by Crippen LogP contribution is 2.37. The van der Waals surface area contributed by atoms with Crippen molar-refractivity contribution in [2.45, 2.75) is 25.1 Å². The summed E-state index contributed by atoms with van der Waals surface area (Å²) in [5.74, 6) is -2.12. The number of phenolic OH excluding ortho intramolecular Hbond substituents is 1. The summed E-state index contributed by atoms with van der Waals surface area (Å²) < 4.78 is 41.0. The molecule has 0 aliphatic carbocycles. The Morgan fingerprint density at radius 3 is 2.43 bits per heavy atom. The minimum atomic E-state index is -4.70. The number of amides is 1. The molecule has 3 aromatic rings. The molecular formula is C21H22F3N3O3. The zero-order valence-electron chi connectivity index (χ0n) is 16.7. The fourth-order valence-corrected chi connectivity index (χ4v) is 3.53. The molecule has 1 atom stereocenters. The van der Waals surface area contributed by atoms with E-state index in [1.54, 1.807) is 30.3 Å². The normalized spacial score (nSPS) is 12.9. The second kappa shape index (κ2) is 7.98. The summed E-state index contributed by atoms with van der Waals surface area (Å²) in [4.78, 5) is 17.6. The van der Waals surface area contributed by atoms with Crippen LogP contribution in [0.3, 0.4) is 0 Å². The number of carbonyl (C=O) groups excluding carboxylic acids is 1. The van der Waals surface area contributed by atoms with E-state index in [2.05, 4.69) is 4.98 Å². The molecule has 1 aromatic heterocycles. The first-order valence-electron chi connectivity index (χ1n) is 9.25. The number of fused-ring (bicyclic) bond motifs is 1. The number of halogens is 3. The lowest BCUT2D eigenvalue weighted by molar-refractivity contribution is -0.146. The Balaban J connectivity index is 2.15. The van der Waals surface area contributed by atoms with Crippen molar-refractivity contribution in [2.75, 3.05) is 14.1 Å². The number of aryl methyl sites for hydroxylation is 2. The lowest BCUT2D eigenvalue weighted by Gasteiger charge is -2.18. The van der Waals surface area contributed by atoms with Crippen LogP contribution < -0.4 is 0 Å². The molecule has 6 nitrogen and oxygen atoms in total. The second-order valence-electron chi connectivity index (χ2n) is 7.27. The summed E-state index contributed by atoms with van der Waals surface area (Å²) in [5.41, 5.74) is 0.802. The van der Waals surface area contributed by atoms with E-state index in [-0.39, 0.29) is 35.0 Å². The van der Waals surface area contributed by atoms with Crippen LogP contribution in [0.25, 0.3) is 11.0 Å². The number of aliphatic hydroxyl groups excluding tert-OH is 1. The van der Waals surface area contributed by atoms with Gasteiger partial charge in [0.25, 0.3) is 5.91 Å². The van der Waals surface area contributed by atoms with Crippen molar-refractivity contribution in [3.05, 3.63) is 58.9 Å². The number of aliphatic hydroxyl groups is 1. The maximum absolute atomic E-state index is 13.4. The van der Waals surface area contributed by atoms with E-state index in [1.807, 2.05) is 0 Å². The number of hydrogen-bond donors (Lipinski definition) is 2. The molecule has 3 rings (SSSR count). The number of imidazole rings is 1. The van der Waals surface area contributed by atoms with Gasteiger partial charge in [-0.3, -0.25) is 4.79 Å². The van der Waals surface area contributed by atoms with Gasteiger partial charge in [0.1, 0.15) is 5.75 Å². The summed E-state index contributed by atoms with van der Waals surface area (Å²) in [6.07, 6.45) is -5.38. The lowest BCUT2D eigenvalue weighted by Crippen LogP contribution is -2.23. The van der Waals surface area contributed by atoms with Crippen molar-refractivity contribution < 1.29 is 28.2 Å². The minimum Gasteiger partial charge on any atom is -0.507 e. The van der Waals surface area contributed by atoms with Gasteiger partial charge in [-0.05, 0) is 24.0 Å². The van der Waals surface area contributed by atoms with Gasteiger partial charge in [-0.2, -0.15) is 13.2 Å². The van der Waals surface area contributed by atoms with E-state index >= 15 is 0 Å². The van der Waals surface area contributed by atoms with Gasteiger partial charge < -0.3 is 19.7 Å². The number of aromatic hydroxyl groups is 1. The predicted octanol–water partition coefficient (Wildman–Crippen LogP) is 3.67. The van der Waals surface area contributed by atoms with Gasteiger partial charge in [0, 0.05) is 27.2 Å². The summed E-state index contributed by atoms with van der Waals surface area (Å²) >= 11 is 0. The van der Waals surface area contributed by atoms with Crippen LogP contribution in [0.1, 0.15) is 39.8 Å². The zero-order chi connectivity index (χ0) is 22.2. The summed E-state index contributed by atoms with van der Waals surface area (Å²) in [7, 11) is 4.19. The molecule has 0 spiro atoms. The van der Waals surface area contributed by atoms with Gasteiger partial charge in [-0.15, -0.1) is 0 Å². The fraction of sp³-hybridized carbons (Fsp3) is 0.333. The molecule has 2 aromatic carbocycles. The van der Waals surface area contributed by atoms with Crippen LogP contribution in [0.5, 0.6) is 5.75 Å². The largest absolute Gasteiger partial charge is 0.507 e. The maximum Gasteiger partial charge on any atom is 0.449 e. The van der Waals surface area contributed by atoms with Gasteiger partial charge in [0.2, 0.25) is 5.82 Å². The average molecular weight is 421 g/mol. The third-order valence-corrected chi connectivity index (χ3v) is 4.97. The quantitative estimate of drug-likeness (QED) is 0.659. The van der Waals surface area contributed by atoms with Crippen LogP contribution in [-0.4, -0.2) is 44.7 Å². The van der Waals surface area contributed by atoms with Gasteiger partial charge in [0.05, 0.1) is 22.7 Å². The SMILES string of the molecule is CN(C)C(=O)c1c(O)cc2nc(C(F)(F)F)n(C)c2c1CCC(O)c1ccccc1. The van der Waals surface area contributed by atoms with E-state index in [1.165, 1.54) is 26.0 Å². The van der Waals surface area contributed by atoms with Crippen LogP contribution in [0.4, 0.5) is 13.2 Å². The molecule has 30 heavy (non-hydrogen) atoms. The van der Waals surface area contributed by atoms with Gasteiger partial charge >= 0.3 is 6.18 Å². The molecule has 0 aliphatic heterocycles. The molecule has 0 radical (unpaired) electrons. The minimum absolute atomic E-state index is 0.0622. The van der Waals surface area contributed by atoms with Crippen molar-refractivity contribution in [1.29, 1.82) is 0 Å². The molecule has 0 aliphatic rings. The van der Waals surface area contributed by atoms with Crippen LogP contribution in [0.15, 0.2) is 36.4 Å². The Morgan fingerprint density at radius 1 is 1.23 bits per heavy atom. The number of phenols is 1. The molecule has 2 N–H and O–H groups in total. The Morgan fingerprint density at radius 2 is 1.87 bits per heavy atom. The molecule has 0 bridgehead atoms. The van der Waals surface area contributed by atoms with Crippen molar-refractivity contribution in [3.63, 3.8) is 0 Å². The van der Waals surface area contributed by atoms with E-state index < -0.39 is 29.8 Å². The zero-order valence-corrected chi connectivity index (χ0v) is 16.7. The Hall–Kier alpha value is -3.07. The number of aromatic nitrogens is 2. The van der Waals surface area contributed by atoms with Gasteiger partial charge in [-0.1, -0.05) is 30.3 Å². The third kappa shape index (κ3) is 3.97. The Bertz CT molecular complexity index is 1080. The Labute approximate surface area is 171 Å². The highest BCUT2D eigenvalue weighted by Gasteiger charge is 2.38. The van der Waals surface area contributed by atoms with E-state index in [9.17, 15) is 28.2 Å². The number of carbonyl (C=O) groups is 1. The number of rotatable bonds is 5. The molecule has 0 fully saturated rings. The van der Waals surface area contributed by atoms with Crippen LogP contribution in [0, 0.1) is 0 Å². The molecule has 1 heterocycles. The van der Waals surface area contributed by atoms with Crippen LogP contribution in [-0.2, 0) is 19.6 Å². The van der Waals surface area contributed by atoms with Gasteiger partial charge in [-0.25, -0.2) is 4.98 Å². The first kappa shape index (κ1) is 21.6. The van der Waals surface area contributed by atoms with E-state index in [4.69, 9.17) is 0 Å². The Kier molecular flexibility index (Phi) is 5.76. The fourth-order valence-electron chi connectivity index (χ4n) is 3.53. The van der Waals surface area contributed by atoms with E-state index in [0.29, 0.717) is 5.56 Å². The summed E-state index contributed by atoms with van der Waals surface area (Å²) in [5, 5.41) is 21.0. The first-order valence-corrected chi connectivity index (χ1v) is 9.25. The average Bonchev–Trinajstić information content (AvgIpc) is 3.02. The van der Waals surface area contributed by atoms with Crippen molar-refractivity contribution >= 4 is 16.9 Å². The number of nitrogens with zero attached hydrogens (tertiary/aromatic N) is 3. The third-order valence-electron chi connectivity index (χ3n) is 4.97. The molecule has 9 heteroatoms. The smallest absolute Gasteiger partial charge is 0.449 e. The monoisotopic (exact) mass is 421 g/mol.